The number of aryl methyl sites for hydroxylation is 1. The number of rotatable bonds is 7. The average molecular weight is 457 g/mol. The van der Waals surface area contributed by atoms with E-state index in [9.17, 15) is 9.59 Å². The predicted octanol–water partition coefficient (Wildman–Crippen LogP) is 2.83. The van der Waals surface area contributed by atoms with Crippen molar-refractivity contribution in [3.63, 3.8) is 0 Å². The summed E-state index contributed by atoms with van der Waals surface area (Å²) in [5.41, 5.74) is 4.65. The Bertz CT molecular complexity index is 1110. The molecule has 1 aliphatic heterocycles. The van der Waals surface area contributed by atoms with Crippen LogP contribution in [0.3, 0.4) is 0 Å². The van der Waals surface area contributed by atoms with Gasteiger partial charge in [0.1, 0.15) is 11.3 Å². The van der Waals surface area contributed by atoms with Gasteiger partial charge in [-0.1, -0.05) is 23.5 Å². The van der Waals surface area contributed by atoms with Crippen LogP contribution in [0.1, 0.15) is 22.3 Å². The number of carbonyl (C=O) groups excluding carboxylic acids is 2. The third kappa shape index (κ3) is 4.82. The van der Waals surface area contributed by atoms with Gasteiger partial charge >= 0.3 is 0 Å². The van der Waals surface area contributed by atoms with E-state index in [0.29, 0.717) is 36.1 Å². The molecular weight excluding hydrogens is 432 g/mol. The van der Waals surface area contributed by atoms with E-state index < -0.39 is 5.91 Å². The second-order valence-electron chi connectivity index (χ2n) is 7.27. The summed E-state index contributed by atoms with van der Waals surface area (Å²) in [7, 11) is 1.61. The summed E-state index contributed by atoms with van der Waals surface area (Å²) in [4.78, 5) is 30.8. The maximum atomic E-state index is 12.5. The van der Waals surface area contributed by atoms with E-state index in [-0.39, 0.29) is 12.3 Å². The number of amides is 2. The molecule has 4 rings (SSSR count). The van der Waals surface area contributed by atoms with Crippen molar-refractivity contribution in [1.29, 1.82) is 0 Å². The van der Waals surface area contributed by atoms with Gasteiger partial charge in [0.2, 0.25) is 5.91 Å². The van der Waals surface area contributed by atoms with Crippen molar-refractivity contribution >= 4 is 44.2 Å². The number of morpholine rings is 1. The maximum Gasteiger partial charge on any atom is 0.274 e. The highest BCUT2D eigenvalue weighted by atomic mass is 32.1. The Morgan fingerprint density at radius 2 is 1.94 bits per heavy atom. The Morgan fingerprint density at radius 3 is 2.62 bits per heavy atom. The van der Waals surface area contributed by atoms with E-state index >= 15 is 0 Å². The van der Waals surface area contributed by atoms with Gasteiger partial charge in [-0.25, -0.2) is 10.5 Å². The molecule has 1 aliphatic rings. The first kappa shape index (κ1) is 22.0. The predicted molar refractivity (Wildman–Crippen MR) is 122 cm³/mol. The summed E-state index contributed by atoms with van der Waals surface area (Å²) in [6.07, 6.45) is 0.787. The molecule has 2 amide bonds. The van der Waals surface area contributed by atoms with Gasteiger partial charge in [-0.2, -0.15) is 0 Å². The number of fused-ring (bicyclic) bond motifs is 1. The number of aromatic nitrogens is 1. The first-order valence-corrected chi connectivity index (χ1v) is 11.0. The van der Waals surface area contributed by atoms with Crippen LogP contribution in [0.25, 0.3) is 10.2 Å². The molecule has 2 heterocycles. The number of carbonyl (C=O) groups is 2. The summed E-state index contributed by atoms with van der Waals surface area (Å²) in [6.45, 7) is 2.97. The molecule has 2 aromatic carbocycles. The van der Waals surface area contributed by atoms with Crippen LogP contribution >= 0.6 is 11.3 Å². The topological polar surface area (TPSA) is 113 Å². The zero-order valence-electron chi connectivity index (χ0n) is 17.6. The lowest BCUT2D eigenvalue weighted by atomic mass is 10.1. The maximum absolute atomic E-state index is 12.5. The highest BCUT2D eigenvalue weighted by molar-refractivity contribution is 7.23. The zero-order valence-corrected chi connectivity index (χ0v) is 18.4. The molecule has 0 saturated carbocycles. The van der Waals surface area contributed by atoms with E-state index in [0.717, 1.165) is 34.6 Å². The standard InChI is InChI=1S/C22H24N4O5S/c1-30-17-8-7-16(26-10-12-31-13-11-26)20-19(17)24-22(32-20)23-18(27)9-4-14-2-5-15(6-3-14)21(28)25-29/h2-3,5-8,29H,4,9-13H2,1H3,(H,25,28)(H,23,24,27). The molecule has 10 heteroatoms. The third-order valence-electron chi connectivity index (χ3n) is 5.26. The van der Waals surface area contributed by atoms with Crippen LogP contribution in [-0.2, 0) is 16.0 Å². The van der Waals surface area contributed by atoms with E-state index in [1.807, 2.05) is 12.1 Å². The summed E-state index contributed by atoms with van der Waals surface area (Å²) in [5, 5.41) is 12.1. The van der Waals surface area contributed by atoms with Crippen LogP contribution in [0.4, 0.5) is 10.8 Å². The van der Waals surface area contributed by atoms with E-state index in [4.69, 9.17) is 14.7 Å². The Hall–Kier alpha value is -3.21. The summed E-state index contributed by atoms with van der Waals surface area (Å²) >= 11 is 1.43. The van der Waals surface area contributed by atoms with Crippen molar-refractivity contribution in [2.45, 2.75) is 12.8 Å². The van der Waals surface area contributed by atoms with Crippen molar-refractivity contribution in [3.8, 4) is 5.75 Å². The van der Waals surface area contributed by atoms with Crippen LogP contribution in [0, 0.1) is 0 Å². The van der Waals surface area contributed by atoms with Gasteiger partial charge in [-0.05, 0) is 36.2 Å². The number of hydrogen-bond donors (Lipinski definition) is 3. The number of anilines is 2. The molecule has 1 aromatic heterocycles. The first-order chi connectivity index (χ1) is 15.6. The lowest BCUT2D eigenvalue weighted by molar-refractivity contribution is -0.116. The molecule has 32 heavy (non-hydrogen) atoms. The lowest BCUT2D eigenvalue weighted by Gasteiger charge is -2.29. The fourth-order valence-corrected chi connectivity index (χ4v) is 4.61. The number of benzene rings is 2. The number of hydrogen-bond acceptors (Lipinski definition) is 8. The van der Waals surface area contributed by atoms with Gasteiger partial charge in [-0.3, -0.25) is 14.8 Å². The molecule has 0 atom stereocenters. The lowest BCUT2D eigenvalue weighted by Crippen LogP contribution is -2.36. The van der Waals surface area contributed by atoms with E-state index in [2.05, 4.69) is 15.2 Å². The first-order valence-electron chi connectivity index (χ1n) is 10.2. The molecule has 0 aliphatic carbocycles. The summed E-state index contributed by atoms with van der Waals surface area (Å²) < 4.78 is 11.9. The molecule has 3 aromatic rings. The van der Waals surface area contributed by atoms with Gasteiger partial charge < -0.3 is 19.7 Å². The Balaban J connectivity index is 1.45. The van der Waals surface area contributed by atoms with Crippen LogP contribution < -0.4 is 20.4 Å². The molecule has 1 saturated heterocycles. The monoisotopic (exact) mass is 456 g/mol. The molecule has 3 N–H and O–H groups in total. The third-order valence-corrected chi connectivity index (χ3v) is 6.26. The molecule has 0 unspecified atom stereocenters. The number of ether oxygens (including phenoxy) is 2. The van der Waals surface area contributed by atoms with Crippen molar-refractivity contribution < 1.29 is 24.3 Å². The second-order valence-corrected chi connectivity index (χ2v) is 8.27. The van der Waals surface area contributed by atoms with Gasteiger partial charge in [0.15, 0.2) is 5.13 Å². The van der Waals surface area contributed by atoms with Crippen LogP contribution in [0.15, 0.2) is 36.4 Å². The molecule has 9 nitrogen and oxygen atoms in total. The van der Waals surface area contributed by atoms with Crippen molar-refractivity contribution in [2.75, 3.05) is 43.6 Å². The van der Waals surface area contributed by atoms with Crippen LogP contribution in [-0.4, -0.2) is 55.4 Å². The SMILES string of the molecule is COc1ccc(N2CCOCC2)c2sc(NC(=O)CCc3ccc(C(=O)NO)cc3)nc12. The van der Waals surface area contributed by atoms with Gasteiger partial charge in [0.05, 0.1) is 30.7 Å². The van der Waals surface area contributed by atoms with E-state index in [1.165, 1.54) is 11.3 Å². The van der Waals surface area contributed by atoms with E-state index in [1.54, 1.807) is 36.9 Å². The molecule has 0 radical (unpaired) electrons. The molecule has 168 valence electrons. The van der Waals surface area contributed by atoms with Crippen LogP contribution in [0.5, 0.6) is 5.75 Å². The Morgan fingerprint density at radius 1 is 1.19 bits per heavy atom. The minimum absolute atomic E-state index is 0.145. The number of nitrogens with zero attached hydrogens (tertiary/aromatic N) is 2. The molecule has 1 fully saturated rings. The number of methoxy groups -OCH3 is 1. The fourth-order valence-electron chi connectivity index (χ4n) is 3.57. The number of hydroxylamine groups is 1. The largest absolute Gasteiger partial charge is 0.494 e. The normalized spacial score (nSPS) is 13.8. The van der Waals surface area contributed by atoms with Gasteiger partial charge in [0, 0.05) is 25.1 Å². The van der Waals surface area contributed by atoms with Crippen molar-refractivity contribution in [3.05, 3.63) is 47.5 Å². The summed E-state index contributed by atoms with van der Waals surface area (Å²) in [5.74, 6) is -0.0501. The molecular formula is C22H24N4O5S. The second kappa shape index (κ2) is 9.94. The molecule has 0 spiro atoms. The highest BCUT2D eigenvalue weighted by Gasteiger charge is 2.20. The minimum Gasteiger partial charge on any atom is -0.494 e. The minimum atomic E-state index is -0.572. The van der Waals surface area contributed by atoms with Crippen molar-refractivity contribution in [1.82, 2.24) is 10.5 Å². The smallest absolute Gasteiger partial charge is 0.274 e. The van der Waals surface area contributed by atoms with Gasteiger partial charge in [0.25, 0.3) is 5.91 Å². The average Bonchev–Trinajstić information content (AvgIpc) is 3.26. The number of thiazole rings is 1. The quantitative estimate of drug-likeness (QED) is 0.370. The highest BCUT2D eigenvalue weighted by Crippen LogP contribution is 2.39. The number of nitrogens with one attached hydrogen (secondary N) is 2. The van der Waals surface area contributed by atoms with Crippen molar-refractivity contribution in [2.24, 2.45) is 0 Å². The molecule has 0 bridgehead atoms. The Labute approximate surface area is 188 Å². The van der Waals surface area contributed by atoms with Crippen LogP contribution in [0.2, 0.25) is 0 Å². The van der Waals surface area contributed by atoms with Gasteiger partial charge in [-0.15, -0.1) is 0 Å². The Kier molecular flexibility index (Phi) is 6.84. The summed E-state index contributed by atoms with van der Waals surface area (Å²) in [6, 6.07) is 10.7. The fraction of sp³-hybridized carbons (Fsp3) is 0.318. The zero-order chi connectivity index (χ0) is 22.5.